The number of carbonyl (C=O) groups excluding carboxylic acids is 1. The highest BCUT2D eigenvalue weighted by atomic mass is 35.5. The van der Waals surface area contributed by atoms with Gasteiger partial charge < -0.3 is 9.64 Å². The van der Waals surface area contributed by atoms with Crippen molar-refractivity contribution in [3.63, 3.8) is 0 Å². The minimum Gasteiger partial charge on any atom is -0.374 e. The molecule has 0 unspecified atom stereocenters. The number of hydrogen-bond donors (Lipinski definition) is 0. The molecule has 0 N–H and O–H groups in total. The molecule has 0 bridgehead atoms. The maximum absolute atomic E-state index is 11.7. The molecule has 1 saturated heterocycles. The number of nitrogens with zero attached hydrogens (tertiary/aromatic N) is 4. The third-order valence-electron chi connectivity index (χ3n) is 4.92. The molecule has 1 fully saturated rings. The lowest BCUT2D eigenvalue weighted by Gasteiger charge is -2.34. The Labute approximate surface area is 176 Å². The average Bonchev–Trinajstić information content (AvgIpc) is 3.07. The lowest BCUT2D eigenvalue weighted by Crippen LogP contribution is -2.49. The Morgan fingerprint density at radius 1 is 1.14 bits per heavy atom. The Morgan fingerprint density at radius 3 is 2.57 bits per heavy atom. The first-order valence-electron chi connectivity index (χ1n) is 9.56. The van der Waals surface area contributed by atoms with Crippen molar-refractivity contribution < 1.29 is 9.53 Å². The molecule has 0 saturated carbocycles. The Balaban J connectivity index is 1.45. The highest BCUT2D eigenvalue weighted by Gasteiger charge is 2.19. The molecule has 28 heavy (non-hydrogen) atoms. The van der Waals surface area contributed by atoms with Crippen LogP contribution >= 0.6 is 23.2 Å². The van der Waals surface area contributed by atoms with Gasteiger partial charge >= 0.3 is 0 Å². The van der Waals surface area contributed by atoms with Crippen LogP contribution in [0.25, 0.3) is 5.69 Å². The average molecular weight is 425 g/mol. The molecule has 1 aromatic carbocycles. The van der Waals surface area contributed by atoms with E-state index in [-0.39, 0.29) is 5.91 Å². The maximum Gasteiger partial charge on any atom is 0.222 e. The van der Waals surface area contributed by atoms with Gasteiger partial charge in [-0.3, -0.25) is 9.69 Å². The molecule has 1 aliphatic rings. The van der Waals surface area contributed by atoms with Crippen LogP contribution in [0.3, 0.4) is 0 Å². The highest BCUT2D eigenvalue weighted by molar-refractivity contribution is 6.42. The van der Waals surface area contributed by atoms with Gasteiger partial charge in [0.1, 0.15) is 0 Å². The molecule has 2 heterocycles. The highest BCUT2D eigenvalue weighted by Crippen LogP contribution is 2.25. The van der Waals surface area contributed by atoms with E-state index in [0.29, 0.717) is 29.7 Å². The Hall–Kier alpha value is -1.60. The van der Waals surface area contributed by atoms with Crippen molar-refractivity contribution in [2.24, 2.45) is 0 Å². The van der Waals surface area contributed by atoms with E-state index in [4.69, 9.17) is 27.9 Å². The van der Waals surface area contributed by atoms with Gasteiger partial charge in [-0.1, -0.05) is 30.1 Å². The molecular formula is C20H26Cl2N4O2. The minimum atomic E-state index is 0.240. The third-order valence-corrected chi connectivity index (χ3v) is 5.65. The van der Waals surface area contributed by atoms with Gasteiger partial charge in [0.2, 0.25) is 5.91 Å². The molecule has 6 nitrogen and oxygen atoms in total. The van der Waals surface area contributed by atoms with E-state index in [2.05, 4.69) is 10.00 Å². The first-order chi connectivity index (χ1) is 13.5. The molecule has 8 heteroatoms. The monoisotopic (exact) mass is 424 g/mol. The van der Waals surface area contributed by atoms with Crippen LogP contribution in [0.4, 0.5) is 0 Å². The van der Waals surface area contributed by atoms with E-state index in [0.717, 1.165) is 49.8 Å². The predicted octanol–water partition coefficient (Wildman–Crippen LogP) is 3.56. The third kappa shape index (κ3) is 5.26. The molecule has 2 aromatic rings. The first-order valence-corrected chi connectivity index (χ1v) is 10.3. The van der Waals surface area contributed by atoms with Crippen LogP contribution in [0.15, 0.2) is 24.3 Å². The van der Waals surface area contributed by atoms with Crippen LogP contribution < -0.4 is 0 Å². The molecule has 1 amide bonds. The fourth-order valence-electron chi connectivity index (χ4n) is 3.30. The van der Waals surface area contributed by atoms with Crippen LogP contribution in [-0.2, 0) is 16.1 Å². The second-order valence-electron chi connectivity index (χ2n) is 6.92. The number of benzene rings is 1. The van der Waals surface area contributed by atoms with Crippen molar-refractivity contribution in [3.05, 3.63) is 45.7 Å². The summed E-state index contributed by atoms with van der Waals surface area (Å²) in [5.41, 5.74) is 2.76. The van der Waals surface area contributed by atoms with Crippen LogP contribution in [0.1, 0.15) is 24.7 Å². The zero-order chi connectivity index (χ0) is 20.1. The number of aromatic nitrogens is 2. The molecule has 3 rings (SSSR count). The standard InChI is InChI=1S/C20H26Cl2N4O2/c1-3-20(27)25-8-6-24(7-9-25)10-11-28-14-16-12-15(2)26(23-16)17-4-5-18(21)19(22)13-17/h4-5,12-13H,3,6-11,14H2,1-2H3. The normalized spacial score (nSPS) is 15.2. The van der Waals surface area contributed by atoms with Crippen LogP contribution in [-0.4, -0.2) is 64.8 Å². The zero-order valence-corrected chi connectivity index (χ0v) is 17.8. The largest absolute Gasteiger partial charge is 0.374 e. The van der Waals surface area contributed by atoms with Crippen LogP contribution in [0.5, 0.6) is 0 Å². The lowest BCUT2D eigenvalue weighted by atomic mass is 10.3. The fourth-order valence-corrected chi connectivity index (χ4v) is 3.59. The maximum atomic E-state index is 11.7. The Kier molecular flexibility index (Phi) is 7.35. The van der Waals surface area contributed by atoms with E-state index in [1.807, 2.05) is 35.6 Å². The van der Waals surface area contributed by atoms with Gasteiger partial charge in [-0.05, 0) is 31.2 Å². The number of piperazine rings is 1. The first kappa shape index (κ1) is 21.1. The summed E-state index contributed by atoms with van der Waals surface area (Å²) < 4.78 is 7.66. The molecule has 1 aromatic heterocycles. The summed E-state index contributed by atoms with van der Waals surface area (Å²) in [5, 5.41) is 5.64. The topological polar surface area (TPSA) is 50.6 Å². The SMILES string of the molecule is CCC(=O)N1CCN(CCOCc2cc(C)n(-c3ccc(Cl)c(Cl)c3)n2)CC1. The fraction of sp³-hybridized carbons (Fsp3) is 0.500. The zero-order valence-electron chi connectivity index (χ0n) is 16.3. The molecule has 152 valence electrons. The van der Waals surface area contributed by atoms with Crippen molar-refractivity contribution in [2.75, 3.05) is 39.3 Å². The van der Waals surface area contributed by atoms with E-state index >= 15 is 0 Å². The van der Waals surface area contributed by atoms with Crippen molar-refractivity contribution >= 4 is 29.1 Å². The summed E-state index contributed by atoms with van der Waals surface area (Å²) in [5.74, 6) is 0.240. The van der Waals surface area contributed by atoms with Crippen molar-refractivity contribution in [1.29, 1.82) is 0 Å². The Bertz CT molecular complexity index is 817. The quantitative estimate of drug-likeness (QED) is 0.637. The van der Waals surface area contributed by atoms with Gasteiger partial charge in [-0.25, -0.2) is 4.68 Å². The number of rotatable bonds is 7. The van der Waals surface area contributed by atoms with E-state index in [1.165, 1.54) is 0 Å². The molecule has 0 spiro atoms. The number of amides is 1. The molecule has 0 aliphatic carbocycles. The molecule has 0 atom stereocenters. The summed E-state index contributed by atoms with van der Waals surface area (Å²) in [6, 6.07) is 7.47. The minimum absolute atomic E-state index is 0.240. The van der Waals surface area contributed by atoms with Gasteiger partial charge in [-0.2, -0.15) is 5.10 Å². The van der Waals surface area contributed by atoms with E-state index in [1.54, 1.807) is 12.1 Å². The number of hydrogen-bond acceptors (Lipinski definition) is 4. The van der Waals surface area contributed by atoms with Crippen molar-refractivity contribution in [3.8, 4) is 5.69 Å². The van der Waals surface area contributed by atoms with Gasteiger partial charge in [0, 0.05) is 44.8 Å². The summed E-state index contributed by atoms with van der Waals surface area (Å²) in [4.78, 5) is 16.0. The second kappa shape index (κ2) is 9.74. The van der Waals surface area contributed by atoms with Gasteiger partial charge in [0.15, 0.2) is 0 Å². The molecule has 1 aliphatic heterocycles. The summed E-state index contributed by atoms with van der Waals surface area (Å²) in [6.45, 7) is 9.29. The predicted molar refractivity (Wildman–Crippen MR) is 111 cm³/mol. The van der Waals surface area contributed by atoms with Gasteiger partial charge in [-0.15, -0.1) is 0 Å². The van der Waals surface area contributed by atoms with Crippen LogP contribution in [0, 0.1) is 6.92 Å². The lowest BCUT2D eigenvalue weighted by molar-refractivity contribution is -0.132. The van der Waals surface area contributed by atoms with E-state index < -0.39 is 0 Å². The number of ether oxygens (including phenoxy) is 1. The molecule has 0 radical (unpaired) electrons. The second-order valence-corrected chi connectivity index (χ2v) is 7.73. The Morgan fingerprint density at radius 2 is 1.89 bits per heavy atom. The van der Waals surface area contributed by atoms with Crippen molar-refractivity contribution in [2.45, 2.75) is 26.9 Å². The van der Waals surface area contributed by atoms with Gasteiger partial charge in [0.05, 0.1) is 34.6 Å². The van der Waals surface area contributed by atoms with E-state index in [9.17, 15) is 4.79 Å². The number of halogens is 2. The molecular weight excluding hydrogens is 399 g/mol. The summed E-state index contributed by atoms with van der Waals surface area (Å²) in [7, 11) is 0. The number of carbonyl (C=O) groups is 1. The van der Waals surface area contributed by atoms with Crippen molar-refractivity contribution in [1.82, 2.24) is 19.6 Å². The van der Waals surface area contributed by atoms with Gasteiger partial charge in [0.25, 0.3) is 0 Å². The summed E-state index contributed by atoms with van der Waals surface area (Å²) >= 11 is 12.1. The number of aryl methyl sites for hydroxylation is 1. The smallest absolute Gasteiger partial charge is 0.222 e. The summed E-state index contributed by atoms with van der Waals surface area (Å²) in [6.07, 6.45) is 0.581. The van der Waals surface area contributed by atoms with Crippen LogP contribution in [0.2, 0.25) is 10.0 Å².